The summed E-state index contributed by atoms with van der Waals surface area (Å²) in [5.74, 6) is -0.122. The Bertz CT molecular complexity index is 537. The standard InChI is InChI=1S/C14H22N4O4S/c1-8(2)5-6-18-10-11(17(3)13(21)16-12(10)20)15-14(18)23-7-9(19)22-4/h8,10-11H,5-7H2,1-4H3,(H,16,20,21). The fourth-order valence-corrected chi connectivity index (χ4v) is 3.35. The number of fused-ring (bicyclic) bond motifs is 1. The molecule has 0 aromatic carbocycles. The maximum absolute atomic E-state index is 12.3. The van der Waals surface area contributed by atoms with Crippen molar-refractivity contribution in [3.63, 3.8) is 0 Å². The highest BCUT2D eigenvalue weighted by Crippen LogP contribution is 2.29. The molecule has 1 saturated heterocycles. The van der Waals surface area contributed by atoms with Crippen LogP contribution in [0.2, 0.25) is 0 Å². The van der Waals surface area contributed by atoms with Gasteiger partial charge in [-0.05, 0) is 12.3 Å². The summed E-state index contributed by atoms with van der Waals surface area (Å²) in [5.41, 5.74) is 0. The van der Waals surface area contributed by atoms with E-state index in [0.717, 1.165) is 6.42 Å². The minimum absolute atomic E-state index is 0.117. The van der Waals surface area contributed by atoms with Crippen LogP contribution in [-0.4, -0.2) is 71.5 Å². The van der Waals surface area contributed by atoms with E-state index in [4.69, 9.17) is 0 Å². The van der Waals surface area contributed by atoms with Crippen LogP contribution in [0.3, 0.4) is 0 Å². The Morgan fingerprint density at radius 3 is 2.74 bits per heavy atom. The Labute approximate surface area is 139 Å². The smallest absolute Gasteiger partial charge is 0.325 e. The number of hydrogen-bond donors (Lipinski definition) is 1. The zero-order chi connectivity index (χ0) is 17.1. The number of nitrogens with zero attached hydrogens (tertiary/aromatic N) is 3. The van der Waals surface area contributed by atoms with Crippen LogP contribution in [0, 0.1) is 5.92 Å². The van der Waals surface area contributed by atoms with Gasteiger partial charge in [-0.25, -0.2) is 9.79 Å². The third-order valence-electron chi connectivity index (χ3n) is 3.82. The molecular formula is C14H22N4O4S. The lowest BCUT2D eigenvalue weighted by Gasteiger charge is -2.36. The molecular weight excluding hydrogens is 320 g/mol. The van der Waals surface area contributed by atoms with Gasteiger partial charge in [-0.3, -0.25) is 14.9 Å². The highest BCUT2D eigenvalue weighted by molar-refractivity contribution is 8.14. The Hall–Kier alpha value is -1.77. The quantitative estimate of drug-likeness (QED) is 0.731. The molecule has 2 aliphatic rings. The van der Waals surface area contributed by atoms with Gasteiger partial charge in [0.15, 0.2) is 17.4 Å². The van der Waals surface area contributed by atoms with Crippen LogP contribution in [0.15, 0.2) is 4.99 Å². The van der Waals surface area contributed by atoms with Gasteiger partial charge in [0.2, 0.25) is 0 Å². The second kappa shape index (κ2) is 7.20. The molecule has 0 aliphatic carbocycles. The normalized spacial score (nSPS) is 23.8. The second-order valence-electron chi connectivity index (χ2n) is 5.92. The van der Waals surface area contributed by atoms with Crippen molar-refractivity contribution in [3.05, 3.63) is 0 Å². The number of amides is 3. The largest absolute Gasteiger partial charge is 0.468 e. The van der Waals surface area contributed by atoms with E-state index in [1.165, 1.54) is 23.8 Å². The first-order chi connectivity index (χ1) is 10.8. The lowest BCUT2D eigenvalue weighted by molar-refractivity contribution is -0.137. The van der Waals surface area contributed by atoms with Crippen molar-refractivity contribution in [2.24, 2.45) is 10.9 Å². The molecule has 0 saturated carbocycles. The van der Waals surface area contributed by atoms with Gasteiger partial charge >= 0.3 is 12.0 Å². The first-order valence-corrected chi connectivity index (χ1v) is 8.45. The summed E-state index contributed by atoms with van der Waals surface area (Å²) in [7, 11) is 2.94. The molecule has 1 fully saturated rings. The summed E-state index contributed by atoms with van der Waals surface area (Å²) in [6.45, 7) is 4.84. The molecule has 1 N–H and O–H groups in total. The first kappa shape index (κ1) is 17.6. The van der Waals surface area contributed by atoms with E-state index in [1.54, 1.807) is 7.05 Å². The number of urea groups is 1. The third-order valence-corrected chi connectivity index (χ3v) is 4.79. The number of rotatable bonds is 5. The maximum atomic E-state index is 12.3. The van der Waals surface area contributed by atoms with E-state index in [1.807, 2.05) is 4.90 Å². The van der Waals surface area contributed by atoms with Crippen LogP contribution in [0.5, 0.6) is 0 Å². The van der Waals surface area contributed by atoms with E-state index in [2.05, 4.69) is 28.9 Å². The lowest BCUT2D eigenvalue weighted by atomic mass is 10.1. The summed E-state index contributed by atoms with van der Waals surface area (Å²) >= 11 is 1.23. The van der Waals surface area contributed by atoms with Gasteiger partial charge in [-0.2, -0.15) is 0 Å². The predicted octanol–water partition coefficient (Wildman–Crippen LogP) is 0.487. The Morgan fingerprint density at radius 1 is 1.43 bits per heavy atom. The minimum Gasteiger partial charge on any atom is -0.468 e. The Balaban J connectivity index is 2.19. The molecule has 2 heterocycles. The number of ether oxygens (including phenoxy) is 1. The third kappa shape index (κ3) is 3.77. The summed E-state index contributed by atoms with van der Waals surface area (Å²) in [5, 5.41) is 2.95. The fourth-order valence-electron chi connectivity index (χ4n) is 2.44. The molecule has 9 heteroatoms. The van der Waals surface area contributed by atoms with Gasteiger partial charge in [-0.15, -0.1) is 0 Å². The fraction of sp³-hybridized carbons (Fsp3) is 0.714. The van der Waals surface area contributed by atoms with E-state index >= 15 is 0 Å². The molecule has 0 radical (unpaired) electrons. The average Bonchev–Trinajstić information content (AvgIpc) is 2.87. The van der Waals surface area contributed by atoms with Gasteiger partial charge in [-0.1, -0.05) is 25.6 Å². The van der Waals surface area contributed by atoms with Gasteiger partial charge in [0.1, 0.15) is 0 Å². The molecule has 128 valence electrons. The second-order valence-corrected chi connectivity index (χ2v) is 6.86. The molecule has 0 aromatic heterocycles. The van der Waals surface area contributed by atoms with Crippen molar-refractivity contribution in [3.8, 4) is 0 Å². The molecule has 2 rings (SSSR count). The topological polar surface area (TPSA) is 91.3 Å². The van der Waals surface area contributed by atoms with E-state index in [9.17, 15) is 14.4 Å². The van der Waals surface area contributed by atoms with Crippen molar-refractivity contribution < 1.29 is 19.1 Å². The molecule has 0 spiro atoms. The van der Waals surface area contributed by atoms with E-state index in [0.29, 0.717) is 17.6 Å². The SMILES string of the molecule is COC(=O)CSC1=NC2C(C(=O)NC(=O)N2C)N1CCC(C)C. The van der Waals surface area contributed by atoms with Crippen molar-refractivity contribution in [2.75, 3.05) is 26.5 Å². The number of aliphatic imine (C=N–C) groups is 1. The monoisotopic (exact) mass is 342 g/mol. The molecule has 2 aliphatic heterocycles. The number of thioether (sulfide) groups is 1. The number of hydrogen-bond acceptors (Lipinski definition) is 7. The number of carbonyl (C=O) groups excluding carboxylic acids is 3. The number of likely N-dealkylation sites (N-methyl/N-ethyl adjacent to an activating group) is 1. The first-order valence-electron chi connectivity index (χ1n) is 7.46. The van der Waals surface area contributed by atoms with Crippen molar-refractivity contribution >= 4 is 34.8 Å². The number of carbonyl (C=O) groups is 3. The number of imide groups is 1. The highest BCUT2D eigenvalue weighted by Gasteiger charge is 2.48. The predicted molar refractivity (Wildman–Crippen MR) is 86.9 cm³/mol. The van der Waals surface area contributed by atoms with E-state index in [-0.39, 0.29) is 17.6 Å². The van der Waals surface area contributed by atoms with Gasteiger partial charge in [0, 0.05) is 13.6 Å². The van der Waals surface area contributed by atoms with Crippen molar-refractivity contribution in [1.29, 1.82) is 0 Å². The molecule has 8 nitrogen and oxygen atoms in total. The molecule has 0 aromatic rings. The van der Waals surface area contributed by atoms with E-state index < -0.39 is 18.2 Å². The average molecular weight is 342 g/mol. The van der Waals surface area contributed by atoms with Crippen LogP contribution < -0.4 is 5.32 Å². The summed E-state index contributed by atoms with van der Waals surface area (Å²) in [4.78, 5) is 43.2. The summed E-state index contributed by atoms with van der Waals surface area (Å²) in [6.07, 6.45) is 0.329. The van der Waals surface area contributed by atoms with Gasteiger partial charge < -0.3 is 14.5 Å². The number of methoxy groups -OCH3 is 1. The number of nitrogens with one attached hydrogen (secondary N) is 1. The van der Waals surface area contributed by atoms with Gasteiger partial charge in [0.05, 0.1) is 12.9 Å². The molecule has 2 atom stereocenters. The summed E-state index contributed by atoms with van der Waals surface area (Å²) < 4.78 is 4.64. The van der Waals surface area contributed by atoms with Gasteiger partial charge in [0.25, 0.3) is 5.91 Å². The molecule has 23 heavy (non-hydrogen) atoms. The molecule has 2 unspecified atom stereocenters. The molecule has 3 amide bonds. The maximum Gasteiger partial charge on any atom is 0.325 e. The van der Waals surface area contributed by atoms with Crippen LogP contribution in [-0.2, 0) is 14.3 Å². The number of esters is 1. The molecule has 0 bridgehead atoms. The highest BCUT2D eigenvalue weighted by atomic mass is 32.2. The van der Waals surface area contributed by atoms with Crippen molar-refractivity contribution in [2.45, 2.75) is 32.5 Å². The van der Waals surface area contributed by atoms with Crippen LogP contribution in [0.25, 0.3) is 0 Å². The zero-order valence-electron chi connectivity index (χ0n) is 13.7. The van der Waals surface area contributed by atoms with Crippen LogP contribution in [0.1, 0.15) is 20.3 Å². The van der Waals surface area contributed by atoms with Crippen molar-refractivity contribution in [1.82, 2.24) is 15.1 Å². The summed E-state index contributed by atoms with van der Waals surface area (Å²) in [6, 6.07) is -1.00. The Morgan fingerprint density at radius 2 is 2.13 bits per heavy atom. The number of amidine groups is 1. The van der Waals surface area contributed by atoms with Crippen LogP contribution >= 0.6 is 11.8 Å². The minimum atomic E-state index is -0.552. The Kier molecular flexibility index (Phi) is 5.51. The van der Waals surface area contributed by atoms with Crippen LogP contribution in [0.4, 0.5) is 4.79 Å². The zero-order valence-corrected chi connectivity index (χ0v) is 14.6. The lowest BCUT2D eigenvalue weighted by Crippen LogP contribution is -2.63.